The van der Waals surface area contributed by atoms with Crippen molar-refractivity contribution in [3.8, 4) is 0 Å². The molecule has 1 rings (SSSR count). The third-order valence-electron chi connectivity index (χ3n) is 1.92. The molecular weight excluding hydrogens is 264 g/mol. The van der Waals surface area contributed by atoms with Gasteiger partial charge in [-0.15, -0.1) is 0 Å². The molecule has 0 saturated heterocycles. The number of hydrogen-bond donors (Lipinski definition) is 1. The van der Waals surface area contributed by atoms with Crippen LogP contribution in [-0.2, 0) is 14.3 Å². The lowest BCUT2D eigenvalue weighted by Crippen LogP contribution is -2.13. The molecule has 0 aliphatic rings. The maximum absolute atomic E-state index is 11.5. The minimum absolute atomic E-state index is 0.239. The third kappa shape index (κ3) is 6.53. The minimum atomic E-state index is -0.833. The summed E-state index contributed by atoms with van der Waals surface area (Å²) >= 11 is 0. The van der Waals surface area contributed by atoms with Gasteiger partial charge in [0.25, 0.3) is 5.97 Å². The van der Waals surface area contributed by atoms with Gasteiger partial charge in [0, 0.05) is 6.92 Å². The molecule has 1 aromatic carbocycles. The SMILES string of the molecule is CC(=O)O.CCOC(=O)c1ccccc1C(=O)OCC. The van der Waals surface area contributed by atoms with E-state index >= 15 is 0 Å². The van der Waals surface area contributed by atoms with E-state index in [1.54, 1.807) is 38.1 Å². The number of esters is 2. The first kappa shape index (κ1) is 17.6. The van der Waals surface area contributed by atoms with Gasteiger partial charge in [0.2, 0.25) is 0 Å². The van der Waals surface area contributed by atoms with E-state index in [2.05, 4.69) is 0 Å². The predicted molar refractivity (Wildman–Crippen MR) is 71.7 cm³/mol. The Balaban J connectivity index is 0.000000796. The second-order valence-corrected chi connectivity index (χ2v) is 3.51. The first-order valence-electron chi connectivity index (χ1n) is 6.06. The molecule has 0 unspecified atom stereocenters. The second kappa shape index (κ2) is 9.55. The fourth-order valence-electron chi connectivity index (χ4n) is 1.26. The van der Waals surface area contributed by atoms with Gasteiger partial charge < -0.3 is 14.6 Å². The number of carboxylic acids is 1. The summed E-state index contributed by atoms with van der Waals surface area (Å²) in [7, 11) is 0. The molecule has 0 spiro atoms. The number of benzene rings is 1. The Morgan fingerprint density at radius 3 is 1.50 bits per heavy atom. The van der Waals surface area contributed by atoms with Crippen LogP contribution in [-0.4, -0.2) is 36.2 Å². The molecule has 0 radical (unpaired) electrons. The molecule has 0 aliphatic heterocycles. The van der Waals surface area contributed by atoms with Gasteiger partial charge in [0.05, 0.1) is 24.3 Å². The zero-order valence-corrected chi connectivity index (χ0v) is 11.7. The molecule has 6 nitrogen and oxygen atoms in total. The average Bonchev–Trinajstić information content (AvgIpc) is 2.38. The van der Waals surface area contributed by atoms with Crippen LogP contribution in [0.25, 0.3) is 0 Å². The van der Waals surface area contributed by atoms with Crippen LogP contribution < -0.4 is 0 Å². The number of carbonyl (C=O) groups excluding carboxylic acids is 2. The van der Waals surface area contributed by atoms with Crippen LogP contribution in [0.5, 0.6) is 0 Å². The highest BCUT2D eigenvalue weighted by molar-refractivity contribution is 6.03. The Bertz CT molecular complexity index is 425. The molecule has 0 amide bonds. The van der Waals surface area contributed by atoms with Crippen LogP contribution in [0.15, 0.2) is 24.3 Å². The molecule has 6 heteroatoms. The molecular formula is C14H18O6. The normalized spacial score (nSPS) is 8.95. The van der Waals surface area contributed by atoms with Crippen LogP contribution in [0.3, 0.4) is 0 Å². The summed E-state index contributed by atoms with van der Waals surface area (Å²) in [5.41, 5.74) is 0.477. The van der Waals surface area contributed by atoms with Gasteiger partial charge in [-0.25, -0.2) is 9.59 Å². The van der Waals surface area contributed by atoms with E-state index in [0.29, 0.717) is 0 Å². The van der Waals surface area contributed by atoms with Crippen molar-refractivity contribution in [2.24, 2.45) is 0 Å². The lowest BCUT2D eigenvalue weighted by atomic mass is 10.1. The van der Waals surface area contributed by atoms with E-state index in [9.17, 15) is 9.59 Å². The zero-order chi connectivity index (χ0) is 15.5. The maximum Gasteiger partial charge on any atom is 0.338 e. The van der Waals surface area contributed by atoms with Crippen molar-refractivity contribution in [2.75, 3.05) is 13.2 Å². The Morgan fingerprint density at radius 2 is 1.25 bits per heavy atom. The molecule has 20 heavy (non-hydrogen) atoms. The fraction of sp³-hybridized carbons (Fsp3) is 0.357. The minimum Gasteiger partial charge on any atom is -0.481 e. The predicted octanol–water partition coefficient (Wildman–Crippen LogP) is 2.13. The summed E-state index contributed by atoms with van der Waals surface area (Å²) in [5, 5.41) is 7.42. The lowest BCUT2D eigenvalue weighted by Gasteiger charge is -2.07. The maximum atomic E-state index is 11.5. The number of carboxylic acid groups (broad SMARTS) is 1. The van der Waals surface area contributed by atoms with Crippen LogP contribution in [0.1, 0.15) is 41.5 Å². The first-order valence-corrected chi connectivity index (χ1v) is 6.06. The Hall–Kier alpha value is -2.37. The molecule has 0 bridgehead atoms. The van der Waals surface area contributed by atoms with Gasteiger partial charge in [-0.2, -0.15) is 0 Å². The summed E-state index contributed by atoms with van der Waals surface area (Å²) < 4.78 is 9.70. The van der Waals surface area contributed by atoms with Gasteiger partial charge in [-0.1, -0.05) is 12.1 Å². The quantitative estimate of drug-likeness (QED) is 0.851. The zero-order valence-electron chi connectivity index (χ0n) is 11.7. The van der Waals surface area contributed by atoms with E-state index in [1.807, 2.05) is 0 Å². The van der Waals surface area contributed by atoms with Crippen LogP contribution in [0, 0.1) is 0 Å². The summed E-state index contributed by atoms with van der Waals surface area (Å²) in [5.74, 6) is -1.85. The molecule has 110 valence electrons. The smallest absolute Gasteiger partial charge is 0.338 e. The standard InChI is InChI=1S/C12H14O4.C2H4O2/c1-3-15-11(13)9-7-5-6-8-10(9)12(14)16-4-2;1-2(3)4/h5-8H,3-4H2,1-2H3;1H3,(H,3,4). The molecule has 0 aromatic heterocycles. The van der Waals surface area contributed by atoms with Crippen molar-refractivity contribution < 1.29 is 29.0 Å². The average molecular weight is 282 g/mol. The number of carbonyl (C=O) groups is 3. The summed E-state index contributed by atoms with van der Waals surface area (Å²) in [6.45, 7) is 5.06. The number of aliphatic carboxylic acids is 1. The molecule has 0 heterocycles. The van der Waals surface area contributed by atoms with E-state index in [1.165, 1.54) is 0 Å². The molecule has 0 saturated carbocycles. The van der Waals surface area contributed by atoms with E-state index in [4.69, 9.17) is 19.4 Å². The highest BCUT2D eigenvalue weighted by Crippen LogP contribution is 2.11. The fourth-order valence-corrected chi connectivity index (χ4v) is 1.26. The summed E-state index contributed by atoms with van der Waals surface area (Å²) in [6.07, 6.45) is 0. The third-order valence-corrected chi connectivity index (χ3v) is 1.92. The van der Waals surface area contributed by atoms with Gasteiger partial charge in [0.1, 0.15) is 0 Å². The topological polar surface area (TPSA) is 89.9 Å². The van der Waals surface area contributed by atoms with Crippen molar-refractivity contribution in [1.29, 1.82) is 0 Å². The number of rotatable bonds is 4. The van der Waals surface area contributed by atoms with Crippen LogP contribution in [0.2, 0.25) is 0 Å². The summed E-state index contributed by atoms with van der Waals surface area (Å²) in [4.78, 5) is 32.1. The molecule has 0 atom stereocenters. The lowest BCUT2D eigenvalue weighted by molar-refractivity contribution is -0.134. The van der Waals surface area contributed by atoms with E-state index in [-0.39, 0.29) is 24.3 Å². The Labute approximate surface area is 117 Å². The van der Waals surface area contributed by atoms with E-state index < -0.39 is 17.9 Å². The van der Waals surface area contributed by atoms with Crippen molar-refractivity contribution in [3.63, 3.8) is 0 Å². The van der Waals surface area contributed by atoms with Gasteiger partial charge >= 0.3 is 11.9 Å². The number of ether oxygens (including phenoxy) is 2. The monoisotopic (exact) mass is 282 g/mol. The van der Waals surface area contributed by atoms with Crippen LogP contribution in [0.4, 0.5) is 0 Å². The van der Waals surface area contributed by atoms with Crippen molar-refractivity contribution in [1.82, 2.24) is 0 Å². The van der Waals surface area contributed by atoms with Gasteiger partial charge in [-0.3, -0.25) is 4.79 Å². The first-order chi connectivity index (χ1) is 9.43. The highest BCUT2D eigenvalue weighted by atomic mass is 16.5. The van der Waals surface area contributed by atoms with Crippen LogP contribution >= 0.6 is 0 Å². The van der Waals surface area contributed by atoms with Crippen molar-refractivity contribution in [2.45, 2.75) is 20.8 Å². The summed E-state index contributed by atoms with van der Waals surface area (Å²) in [6, 6.07) is 6.44. The van der Waals surface area contributed by atoms with Crippen molar-refractivity contribution in [3.05, 3.63) is 35.4 Å². The molecule has 1 aromatic rings. The number of hydrogen-bond acceptors (Lipinski definition) is 5. The Morgan fingerprint density at radius 1 is 0.950 bits per heavy atom. The largest absolute Gasteiger partial charge is 0.481 e. The van der Waals surface area contributed by atoms with Crippen molar-refractivity contribution >= 4 is 17.9 Å². The van der Waals surface area contributed by atoms with E-state index in [0.717, 1.165) is 6.92 Å². The highest BCUT2D eigenvalue weighted by Gasteiger charge is 2.17. The van der Waals surface area contributed by atoms with Gasteiger partial charge in [-0.05, 0) is 26.0 Å². The van der Waals surface area contributed by atoms with Gasteiger partial charge in [0.15, 0.2) is 0 Å². The second-order valence-electron chi connectivity index (χ2n) is 3.51. The molecule has 0 fully saturated rings. The molecule has 0 aliphatic carbocycles. The molecule has 1 N–H and O–H groups in total. The Kier molecular flexibility index (Phi) is 8.41.